The Kier molecular flexibility index (Phi) is 4.66. The minimum absolute atomic E-state index is 0.0545. The van der Waals surface area contributed by atoms with E-state index in [0.717, 1.165) is 22.5 Å². The highest BCUT2D eigenvalue weighted by Crippen LogP contribution is 2.39. The predicted octanol–water partition coefficient (Wildman–Crippen LogP) is 6.49. The van der Waals surface area contributed by atoms with Crippen molar-refractivity contribution in [2.45, 2.75) is 12.5 Å². The molecule has 26 heavy (non-hydrogen) atoms. The molecule has 0 unspecified atom stereocenters. The number of hydrazone groups is 1. The minimum Gasteiger partial charge on any atom is -0.256 e. The fourth-order valence-electron chi connectivity index (χ4n) is 3.13. The molecule has 1 aliphatic rings. The first kappa shape index (κ1) is 17.1. The van der Waals surface area contributed by atoms with Gasteiger partial charge in [0, 0.05) is 11.4 Å². The Morgan fingerprint density at radius 3 is 2.27 bits per heavy atom. The molecule has 2 nitrogen and oxygen atoms in total. The van der Waals surface area contributed by atoms with Crippen LogP contribution < -0.4 is 5.01 Å². The van der Waals surface area contributed by atoms with Crippen LogP contribution in [0.2, 0.25) is 10.0 Å². The number of hydrogen-bond acceptors (Lipinski definition) is 2. The maximum atomic E-state index is 13.4. The van der Waals surface area contributed by atoms with Crippen LogP contribution in [0.3, 0.4) is 0 Å². The predicted molar refractivity (Wildman–Crippen MR) is 106 cm³/mol. The van der Waals surface area contributed by atoms with E-state index in [1.165, 1.54) is 12.1 Å². The summed E-state index contributed by atoms with van der Waals surface area (Å²) in [5, 5.41) is 8.06. The summed E-state index contributed by atoms with van der Waals surface area (Å²) in [6.45, 7) is 0. The van der Waals surface area contributed by atoms with Crippen molar-refractivity contribution in [2.75, 3.05) is 5.01 Å². The summed E-state index contributed by atoms with van der Waals surface area (Å²) in [5.74, 6) is -0.255. The van der Waals surface area contributed by atoms with Gasteiger partial charge in [0.2, 0.25) is 0 Å². The third-order valence-corrected chi connectivity index (χ3v) is 5.01. The molecule has 5 heteroatoms. The van der Waals surface area contributed by atoms with Crippen molar-refractivity contribution in [1.29, 1.82) is 0 Å². The monoisotopic (exact) mass is 384 g/mol. The Bertz CT molecular complexity index is 953. The molecule has 0 aromatic heterocycles. The standard InChI is InChI=1S/C21H15Cl2FN2/c22-16-9-5-14(6-10-16)19-13-21(15-7-11-17(24)12-8-15)26(25-19)20-4-2-1-3-18(20)23/h1-12,21H,13H2/t21-/m1/s1. The van der Waals surface area contributed by atoms with Gasteiger partial charge in [-0.1, -0.05) is 59.6 Å². The zero-order chi connectivity index (χ0) is 18.1. The summed E-state index contributed by atoms with van der Waals surface area (Å²) in [6, 6.07) is 21.7. The van der Waals surface area contributed by atoms with Crippen molar-refractivity contribution in [3.05, 3.63) is 99.8 Å². The number of anilines is 1. The van der Waals surface area contributed by atoms with Crippen LogP contribution in [0.1, 0.15) is 23.6 Å². The van der Waals surface area contributed by atoms with Crippen LogP contribution in [0.4, 0.5) is 10.1 Å². The lowest BCUT2D eigenvalue weighted by Crippen LogP contribution is -2.18. The third kappa shape index (κ3) is 3.33. The first-order chi connectivity index (χ1) is 12.6. The summed E-state index contributed by atoms with van der Waals surface area (Å²) in [5.41, 5.74) is 3.76. The van der Waals surface area contributed by atoms with Gasteiger partial charge in [0.05, 0.1) is 22.5 Å². The molecule has 0 fully saturated rings. The van der Waals surface area contributed by atoms with Gasteiger partial charge in [0.25, 0.3) is 0 Å². The molecule has 0 N–H and O–H groups in total. The maximum Gasteiger partial charge on any atom is 0.123 e. The minimum atomic E-state index is -0.255. The fourth-order valence-corrected chi connectivity index (χ4v) is 3.48. The van der Waals surface area contributed by atoms with E-state index in [2.05, 4.69) is 0 Å². The number of hydrogen-bond donors (Lipinski definition) is 0. The highest BCUT2D eigenvalue weighted by molar-refractivity contribution is 6.33. The Morgan fingerprint density at radius 2 is 1.58 bits per heavy atom. The first-order valence-corrected chi connectivity index (χ1v) is 9.00. The number of rotatable bonds is 3. The Balaban J connectivity index is 1.77. The Hall–Kier alpha value is -2.36. The fraction of sp³-hybridized carbons (Fsp3) is 0.0952. The van der Waals surface area contributed by atoms with Gasteiger partial charge in [-0.3, -0.25) is 5.01 Å². The number of nitrogens with zero attached hydrogens (tertiary/aromatic N) is 2. The molecule has 0 bridgehead atoms. The molecule has 0 spiro atoms. The van der Waals surface area contributed by atoms with E-state index in [-0.39, 0.29) is 11.9 Å². The van der Waals surface area contributed by atoms with Gasteiger partial charge in [-0.25, -0.2) is 4.39 Å². The largest absolute Gasteiger partial charge is 0.256 e. The quantitative estimate of drug-likeness (QED) is 0.503. The smallest absolute Gasteiger partial charge is 0.123 e. The van der Waals surface area contributed by atoms with Crippen molar-refractivity contribution < 1.29 is 4.39 Å². The zero-order valence-electron chi connectivity index (χ0n) is 13.7. The lowest BCUT2D eigenvalue weighted by molar-refractivity contribution is 0.624. The van der Waals surface area contributed by atoms with E-state index in [1.54, 1.807) is 12.1 Å². The van der Waals surface area contributed by atoms with Gasteiger partial charge in [-0.05, 0) is 47.5 Å². The summed E-state index contributed by atoms with van der Waals surface area (Å²) >= 11 is 12.4. The molecule has 3 aromatic carbocycles. The van der Waals surface area contributed by atoms with Crippen LogP contribution in [0.25, 0.3) is 0 Å². The molecule has 0 saturated carbocycles. The van der Waals surface area contributed by atoms with Crippen molar-refractivity contribution in [2.24, 2.45) is 5.10 Å². The molecule has 130 valence electrons. The highest BCUT2D eigenvalue weighted by Gasteiger charge is 2.30. The number of para-hydroxylation sites is 1. The van der Waals surface area contributed by atoms with E-state index in [0.29, 0.717) is 16.5 Å². The molecule has 0 amide bonds. The maximum absolute atomic E-state index is 13.4. The lowest BCUT2D eigenvalue weighted by Gasteiger charge is -2.24. The van der Waals surface area contributed by atoms with Gasteiger partial charge in [-0.2, -0.15) is 5.10 Å². The van der Waals surface area contributed by atoms with Crippen LogP contribution in [-0.4, -0.2) is 5.71 Å². The average molecular weight is 385 g/mol. The zero-order valence-corrected chi connectivity index (χ0v) is 15.3. The molecular weight excluding hydrogens is 370 g/mol. The molecule has 4 rings (SSSR count). The molecular formula is C21H15Cl2FN2. The Morgan fingerprint density at radius 1 is 0.885 bits per heavy atom. The molecule has 1 atom stereocenters. The van der Waals surface area contributed by atoms with Crippen LogP contribution in [-0.2, 0) is 0 Å². The molecule has 0 radical (unpaired) electrons. The third-order valence-electron chi connectivity index (χ3n) is 4.44. The first-order valence-electron chi connectivity index (χ1n) is 8.24. The summed E-state index contributed by atoms with van der Waals surface area (Å²) in [6.07, 6.45) is 0.693. The molecule has 3 aromatic rings. The van der Waals surface area contributed by atoms with Crippen molar-refractivity contribution >= 4 is 34.6 Å². The normalized spacial score (nSPS) is 16.7. The van der Waals surface area contributed by atoms with Gasteiger partial charge in [0.1, 0.15) is 5.82 Å². The molecule has 1 heterocycles. The summed E-state index contributed by atoms with van der Waals surface area (Å²) < 4.78 is 13.4. The molecule has 0 saturated heterocycles. The van der Waals surface area contributed by atoms with Crippen molar-refractivity contribution in [1.82, 2.24) is 0 Å². The number of benzene rings is 3. The Labute approximate surface area is 161 Å². The summed E-state index contributed by atoms with van der Waals surface area (Å²) in [4.78, 5) is 0. The topological polar surface area (TPSA) is 15.6 Å². The SMILES string of the molecule is Fc1ccc([C@H]2CC(c3ccc(Cl)cc3)=NN2c2ccccc2Cl)cc1. The van der Waals surface area contributed by atoms with E-state index in [1.807, 2.05) is 53.5 Å². The summed E-state index contributed by atoms with van der Waals surface area (Å²) in [7, 11) is 0. The van der Waals surface area contributed by atoms with E-state index < -0.39 is 0 Å². The van der Waals surface area contributed by atoms with E-state index in [9.17, 15) is 4.39 Å². The highest BCUT2D eigenvalue weighted by atomic mass is 35.5. The van der Waals surface area contributed by atoms with Crippen molar-refractivity contribution in [3.8, 4) is 0 Å². The van der Waals surface area contributed by atoms with Gasteiger partial charge >= 0.3 is 0 Å². The van der Waals surface area contributed by atoms with E-state index in [4.69, 9.17) is 28.3 Å². The second kappa shape index (κ2) is 7.10. The van der Waals surface area contributed by atoms with Crippen LogP contribution >= 0.6 is 23.2 Å². The van der Waals surface area contributed by atoms with Crippen LogP contribution in [0.5, 0.6) is 0 Å². The lowest BCUT2D eigenvalue weighted by atomic mass is 9.98. The van der Waals surface area contributed by atoms with Crippen LogP contribution in [0, 0.1) is 5.82 Å². The van der Waals surface area contributed by atoms with Gasteiger partial charge in [0.15, 0.2) is 0 Å². The second-order valence-electron chi connectivity index (χ2n) is 6.12. The van der Waals surface area contributed by atoms with Gasteiger partial charge in [-0.15, -0.1) is 0 Å². The van der Waals surface area contributed by atoms with E-state index >= 15 is 0 Å². The second-order valence-corrected chi connectivity index (χ2v) is 6.96. The van der Waals surface area contributed by atoms with Gasteiger partial charge < -0.3 is 0 Å². The average Bonchev–Trinajstić information content (AvgIpc) is 3.08. The molecule has 1 aliphatic heterocycles. The molecule has 0 aliphatic carbocycles. The number of halogens is 3. The van der Waals surface area contributed by atoms with Crippen LogP contribution in [0.15, 0.2) is 77.9 Å². The van der Waals surface area contributed by atoms with Crippen molar-refractivity contribution in [3.63, 3.8) is 0 Å².